The molecular formula is C20H19N3O3. The Morgan fingerprint density at radius 3 is 2.62 bits per heavy atom. The fourth-order valence-corrected chi connectivity index (χ4v) is 2.51. The molecule has 1 aromatic heterocycles. The van der Waals surface area contributed by atoms with Crippen LogP contribution in [0.1, 0.15) is 5.56 Å². The highest BCUT2D eigenvalue weighted by Crippen LogP contribution is 2.35. The molecule has 0 aliphatic carbocycles. The molecule has 1 amide bonds. The maximum atomic E-state index is 11.7. The van der Waals surface area contributed by atoms with E-state index in [9.17, 15) is 9.59 Å². The zero-order valence-electron chi connectivity index (χ0n) is 14.3. The molecule has 3 aromatic rings. The number of primary amides is 1. The van der Waals surface area contributed by atoms with Crippen LogP contribution >= 0.6 is 0 Å². The van der Waals surface area contributed by atoms with Gasteiger partial charge in [-0.15, -0.1) is 0 Å². The van der Waals surface area contributed by atoms with Gasteiger partial charge in [-0.25, -0.2) is 0 Å². The quantitative estimate of drug-likeness (QED) is 0.637. The smallest absolute Gasteiger partial charge is 0.250 e. The van der Waals surface area contributed by atoms with Gasteiger partial charge in [0.05, 0.1) is 6.54 Å². The molecule has 0 aliphatic heterocycles. The summed E-state index contributed by atoms with van der Waals surface area (Å²) in [7, 11) is 0. The van der Waals surface area contributed by atoms with E-state index in [0.29, 0.717) is 17.1 Å². The Morgan fingerprint density at radius 1 is 1.15 bits per heavy atom. The van der Waals surface area contributed by atoms with Crippen molar-refractivity contribution in [2.75, 3.05) is 11.9 Å². The van der Waals surface area contributed by atoms with E-state index in [1.54, 1.807) is 19.2 Å². The van der Waals surface area contributed by atoms with E-state index < -0.39 is 5.91 Å². The third kappa shape index (κ3) is 4.10. The van der Waals surface area contributed by atoms with Crippen LogP contribution in [0.25, 0.3) is 11.1 Å². The molecule has 0 radical (unpaired) electrons. The van der Waals surface area contributed by atoms with E-state index in [1.807, 2.05) is 48.5 Å². The standard InChI is InChI=1S/C20H19N3O3/c1-13-9-14(11-23-20(13)25)17-10-15(22-12-19(21)24)7-8-18(17)26-16-5-3-2-4-6-16/h2-11,22H,12H2,1H3,(H2,21,24)(H,23,25). The Kier molecular flexibility index (Phi) is 5.03. The van der Waals surface area contributed by atoms with Crippen LogP contribution < -0.4 is 21.3 Å². The number of nitrogens with one attached hydrogen (secondary N) is 2. The Balaban J connectivity index is 2.03. The van der Waals surface area contributed by atoms with Crippen molar-refractivity contribution in [2.45, 2.75) is 6.92 Å². The molecule has 6 heteroatoms. The van der Waals surface area contributed by atoms with Crippen LogP contribution in [-0.4, -0.2) is 17.4 Å². The molecule has 6 nitrogen and oxygen atoms in total. The number of hydrogen-bond acceptors (Lipinski definition) is 4. The predicted octanol–water partition coefficient (Wildman–Crippen LogP) is 3.04. The first-order valence-corrected chi connectivity index (χ1v) is 8.12. The molecule has 0 saturated carbocycles. The lowest BCUT2D eigenvalue weighted by Crippen LogP contribution is -2.21. The second-order valence-electron chi connectivity index (χ2n) is 5.85. The third-order valence-electron chi connectivity index (χ3n) is 3.82. The third-order valence-corrected chi connectivity index (χ3v) is 3.82. The monoisotopic (exact) mass is 349 g/mol. The van der Waals surface area contributed by atoms with Gasteiger partial charge in [0.15, 0.2) is 0 Å². The Bertz CT molecular complexity index is 981. The summed E-state index contributed by atoms with van der Waals surface area (Å²) in [5.41, 5.74) is 7.96. The van der Waals surface area contributed by atoms with Gasteiger partial charge in [-0.2, -0.15) is 0 Å². The van der Waals surface area contributed by atoms with Gasteiger partial charge in [0.2, 0.25) is 5.91 Å². The van der Waals surface area contributed by atoms with E-state index in [-0.39, 0.29) is 12.1 Å². The molecule has 0 aliphatic rings. The summed E-state index contributed by atoms with van der Waals surface area (Å²) in [6.07, 6.45) is 1.64. The summed E-state index contributed by atoms with van der Waals surface area (Å²) in [6, 6.07) is 16.7. The predicted molar refractivity (Wildman–Crippen MR) is 101 cm³/mol. The maximum Gasteiger partial charge on any atom is 0.250 e. The highest BCUT2D eigenvalue weighted by atomic mass is 16.5. The number of aryl methyl sites for hydroxylation is 1. The number of pyridine rings is 1. The number of nitrogens with two attached hydrogens (primary N) is 1. The van der Waals surface area contributed by atoms with Crippen LogP contribution in [0.4, 0.5) is 5.69 Å². The van der Waals surface area contributed by atoms with Crippen LogP contribution in [0.5, 0.6) is 11.5 Å². The molecule has 3 rings (SSSR count). The largest absolute Gasteiger partial charge is 0.457 e. The first kappa shape index (κ1) is 17.3. The van der Waals surface area contributed by atoms with Crippen molar-refractivity contribution in [3.8, 4) is 22.6 Å². The summed E-state index contributed by atoms with van der Waals surface area (Å²) in [4.78, 5) is 25.4. The van der Waals surface area contributed by atoms with Crippen molar-refractivity contribution in [1.29, 1.82) is 0 Å². The molecule has 0 unspecified atom stereocenters. The summed E-state index contributed by atoms with van der Waals surface area (Å²) < 4.78 is 6.00. The fraction of sp³-hybridized carbons (Fsp3) is 0.100. The maximum absolute atomic E-state index is 11.7. The van der Waals surface area contributed by atoms with Gasteiger partial charge in [0.1, 0.15) is 11.5 Å². The van der Waals surface area contributed by atoms with Crippen molar-refractivity contribution < 1.29 is 9.53 Å². The van der Waals surface area contributed by atoms with Gasteiger partial charge < -0.3 is 20.8 Å². The molecule has 2 aromatic carbocycles. The summed E-state index contributed by atoms with van der Waals surface area (Å²) >= 11 is 0. The Morgan fingerprint density at radius 2 is 1.92 bits per heavy atom. The van der Waals surface area contributed by atoms with Crippen molar-refractivity contribution in [2.24, 2.45) is 5.73 Å². The lowest BCUT2D eigenvalue weighted by atomic mass is 10.0. The molecule has 0 saturated heterocycles. The average Bonchev–Trinajstić information content (AvgIpc) is 2.64. The number of rotatable bonds is 6. The number of anilines is 1. The normalized spacial score (nSPS) is 10.3. The first-order chi connectivity index (χ1) is 12.5. The van der Waals surface area contributed by atoms with Crippen LogP contribution in [0.3, 0.4) is 0 Å². The number of hydrogen-bond donors (Lipinski definition) is 3. The minimum Gasteiger partial charge on any atom is -0.457 e. The van der Waals surface area contributed by atoms with Gasteiger partial charge >= 0.3 is 0 Å². The van der Waals surface area contributed by atoms with Crippen LogP contribution in [0.15, 0.2) is 65.6 Å². The van der Waals surface area contributed by atoms with E-state index in [1.165, 1.54) is 0 Å². The zero-order chi connectivity index (χ0) is 18.5. The SMILES string of the molecule is Cc1cc(-c2cc(NCC(N)=O)ccc2Oc2ccccc2)c[nH]c1=O. The number of aromatic nitrogens is 1. The molecule has 0 bridgehead atoms. The van der Waals surface area contributed by atoms with Crippen LogP contribution in [0, 0.1) is 6.92 Å². The van der Waals surface area contributed by atoms with Crippen molar-refractivity contribution >= 4 is 11.6 Å². The van der Waals surface area contributed by atoms with Gasteiger partial charge in [0.25, 0.3) is 5.56 Å². The summed E-state index contributed by atoms with van der Waals surface area (Å²) in [5.74, 6) is 0.885. The number of ether oxygens (including phenoxy) is 1. The molecular weight excluding hydrogens is 330 g/mol. The van der Waals surface area contributed by atoms with E-state index >= 15 is 0 Å². The lowest BCUT2D eigenvalue weighted by molar-refractivity contribution is -0.116. The van der Waals surface area contributed by atoms with Gasteiger partial charge in [-0.05, 0) is 43.3 Å². The number of amides is 1. The molecule has 4 N–H and O–H groups in total. The number of benzene rings is 2. The Labute approximate surface area is 150 Å². The highest BCUT2D eigenvalue weighted by Gasteiger charge is 2.11. The van der Waals surface area contributed by atoms with Crippen molar-refractivity contribution in [3.05, 3.63) is 76.7 Å². The molecule has 0 fully saturated rings. The lowest BCUT2D eigenvalue weighted by Gasteiger charge is -2.14. The zero-order valence-corrected chi connectivity index (χ0v) is 14.3. The van der Waals surface area contributed by atoms with Crippen LogP contribution in [-0.2, 0) is 4.79 Å². The Hall–Kier alpha value is -3.54. The van der Waals surface area contributed by atoms with Crippen molar-refractivity contribution in [3.63, 3.8) is 0 Å². The van der Waals surface area contributed by atoms with Gasteiger partial charge in [0, 0.05) is 28.6 Å². The number of carbonyl (C=O) groups excluding carboxylic acids is 1. The van der Waals surface area contributed by atoms with E-state index in [2.05, 4.69) is 10.3 Å². The number of H-pyrrole nitrogens is 1. The second kappa shape index (κ2) is 7.57. The summed E-state index contributed by atoms with van der Waals surface area (Å²) in [5, 5.41) is 2.97. The molecule has 0 atom stereocenters. The minimum absolute atomic E-state index is 0.0307. The fourth-order valence-electron chi connectivity index (χ4n) is 2.51. The van der Waals surface area contributed by atoms with E-state index in [4.69, 9.17) is 10.5 Å². The number of para-hydroxylation sites is 1. The average molecular weight is 349 g/mol. The van der Waals surface area contributed by atoms with Crippen molar-refractivity contribution in [1.82, 2.24) is 4.98 Å². The van der Waals surface area contributed by atoms with Gasteiger partial charge in [-0.3, -0.25) is 9.59 Å². The molecule has 26 heavy (non-hydrogen) atoms. The number of aromatic amines is 1. The minimum atomic E-state index is -0.448. The molecule has 132 valence electrons. The molecule has 1 heterocycles. The first-order valence-electron chi connectivity index (χ1n) is 8.12. The van der Waals surface area contributed by atoms with Crippen LogP contribution in [0.2, 0.25) is 0 Å². The highest BCUT2D eigenvalue weighted by molar-refractivity contribution is 5.80. The summed E-state index contributed by atoms with van der Waals surface area (Å²) in [6.45, 7) is 1.78. The van der Waals surface area contributed by atoms with E-state index in [0.717, 1.165) is 16.8 Å². The second-order valence-corrected chi connectivity index (χ2v) is 5.85. The topological polar surface area (TPSA) is 97.2 Å². The molecule has 0 spiro atoms. The number of carbonyl (C=O) groups is 1. The van der Waals surface area contributed by atoms with Gasteiger partial charge in [-0.1, -0.05) is 18.2 Å².